The molecule has 0 spiro atoms. The maximum absolute atomic E-state index is 13.0. The second kappa shape index (κ2) is 8.21. The summed E-state index contributed by atoms with van der Waals surface area (Å²) >= 11 is 9.31. The molecule has 0 aromatic heterocycles. The predicted octanol–water partition coefficient (Wildman–Crippen LogP) is 4.47. The highest BCUT2D eigenvalue weighted by Gasteiger charge is 2.25. The number of carboxylic acid groups (broad SMARTS) is 1. The average molecular weight is 447 g/mol. The average Bonchev–Trinajstić information content (AvgIpc) is 2.54. The van der Waals surface area contributed by atoms with Crippen LogP contribution in [0.4, 0.5) is 5.69 Å². The van der Waals surface area contributed by atoms with Crippen LogP contribution in [0.25, 0.3) is 0 Å². The highest BCUT2D eigenvalue weighted by molar-refractivity contribution is 9.10. The minimum atomic E-state index is -3.82. The topological polar surface area (TPSA) is 74.7 Å². The number of hydrogen-bond donors (Lipinski definition) is 1. The number of aliphatic carboxylic acids is 1. The van der Waals surface area contributed by atoms with Gasteiger partial charge in [-0.25, -0.2) is 8.42 Å². The molecule has 1 N–H and O–H groups in total. The summed E-state index contributed by atoms with van der Waals surface area (Å²) in [6.07, 6.45) is 0.0890. The Morgan fingerprint density at radius 3 is 2.40 bits per heavy atom. The maximum Gasteiger partial charge on any atom is 0.303 e. The molecular formula is C17H17BrClNO4S. The minimum absolute atomic E-state index is 0.0613. The van der Waals surface area contributed by atoms with Gasteiger partial charge >= 0.3 is 5.97 Å². The van der Waals surface area contributed by atoms with Gasteiger partial charge in [0, 0.05) is 22.5 Å². The molecule has 0 radical (unpaired) electrons. The Morgan fingerprint density at radius 1 is 1.20 bits per heavy atom. The molecule has 2 rings (SSSR count). The van der Waals surface area contributed by atoms with Gasteiger partial charge < -0.3 is 5.11 Å². The Morgan fingerprint density at radius 2 is 1.84 bits per heavy atom. The summed E-state index contributed by atoms with van der Waals surface area (Å²) in [6, 6.07) is 11.2. The van der Waals surface area contributed by atoms with Crippen molar-refractivity contribution in [3.63, 3.8) is 0 Å². The van der Waals surface area contributed by atoms with E-state index in [1.165, 1.54) is 16.4 Å². The summed E-state index contributed by atoms with van der Waals surface area (Å²) in [5.74, 6) is -0.965. The van der Waals surface area contributed by atoms with Gasteiger partial charge in [0.05, 0.1) is 10.6 Å². The summed E-state index contributed by atoms with van der Waals surface area (Å²) in [7, 11) is -3.82. The van der Waals surface area contributed by atoms with Crippen molar-refractivity contribution in [2.75, 3.05) is 10.8 Å². The second-order valence-corrected chi connectivity index (χ2v) is 8.65. The lowest BCUT2D eigenvalue weighted by atomic mass is 10.2. The van der Waals surface area contributed by atoms with E-state index < -0.39 is 16.0 Å². The van der Waals surface area contributed by atoms with Gasteiger partial charge in [0.1, 0.15) is 0 Å². The second-order valence-electron chi connectivity index (χ2n) is 5.46. The van der Waals surface area contributed by atoms with Gasteiger partial charge in [0.25, 0.3) is 10.0 Å². The molecule has 0 aliphatic carbocycles. The molecule has 0 saturated carbocycles. The van der Waals surface area contributed by atoms with Gasteiger partial charge in [0.2, 0.25) is 0 Å². The van der Waals surface area contributed by atoms with Gasteiger partial charge in [-0.05, 0) is 61.4 Å². The van der Waals surface area contributed by atoms with Crippen molar-refractivity contribution >= 4 is 49.2 Å². The highest BCUT2D eigenvalue weighted by Crippen LogP contribution is 2.28. The summed E-state index contributed by atoms with van der Waals surface area (Å²) in [5.41, 5.74) is 1.20. The van der Waals surface area contributed by atoms with Crippen molar-refractivity contribution in [2.24, 2.45) is 0 Å². The molecule has 0 saturated heterocycles. The standard InChI is InChI=1S/C17H17BrClNO4S/c1-12-11-14(6-9-16(12)19)20(10-2-3-17(21)22)25(23,24)15-7-4-13(18)5-8-15/h4-9,11H,2-3,10H2,1H3,(H,21,22). The predicted molar refractivity (Wildman–Crippen MR) is 102 cm³/mol. The van der Waals surface area contributed by atoms with Crippen molar-refractivity contribution in [1.29, 1.82) is 0 Å². The van der Waals surface area contributed by atoms with Crippen LogP contribution >= 0.6 is 27.5 Å². The third-order valence-corrected chi connectivity index (χ3v) is 6.38. The molecule has 0 heterocycles. The number of benzene rings is 2. The molecule has 0 fully saturated rings. The van der Waals surface area contributed by atoms with E-state index in [9.17, 15) is 13.2 Å². The first-order valence-corrected chi connectivity index (χ1v) is 10.1. The summed E-state index contributed by atoms with van der Waals surface area (Å²) in [5, 5.41) is 9.37. The van der Waals surface area contributed by atoms with Gasteiger partial charge in [-0.15, -0.1) is 0 Å². The summed E-state index contributed by atoms with van der Waals surface area (Å²) < 4.78 is 28.1. The van der Waals surface area contributed by atoms with E-state index in [0.717, 1.165) is 10.0 Å². The number of halogens is 2. The molecular weight excluding hydrogens is 430 g/mol. The van der Waals surface area contributed by atoms with Gasteiger partial charge in [-0.2, -0.15) is 0 Å². The van der Waals surface area contributed by atoms with Crippen LogP contribution in [0.1, 0.15) is 18.4 Å². The van der Waals surface area contributed by atoms with E-state index in [-0.39, 0.29) is 24.3 Å². The number of nitrogens with zero attached hydrogens (tertiary/aromatic N) is 1. The van der Waals surface area contributed by atoms with Crippen molar-refractivity contribution < 1.29 is 18.3 Å². The quantitative estimate of drug-likeness (QED) is 0.681. The van der Waals surface area contributed by atoms with E-state index in [1.54, 1.807) is 37.3 Å². The Kier molecular flexibility index (Phi) is 6.48. The van der Waals surface area contributed by atoms with Crippen molar-refractivity contribution in [1.82, 2.24) is 0 Å². The molecule has 0 aliphatic rings. The van der Waals surface area contributed by atoms with E-state index in [4.69, 9.17) is 16.7 Å². The van der Waals surface area contributed by atoms with E-state index >= 15 is 0 Å². The third-order valence-electron chi connectivity index (χ3n) is 3.58. The monoisotopic (exact) mass is 445 g/mol. The summed E-state index contributed by atoms with van der Waals surface area (Å²) in [4.78, 5) is 10.9. The fourth-order valence-corrected chi connectivity index (χ4v) is 4.16. The molecule has 2 aromatic rings. The zero-order valence-corrected chi connectivity index (χ0v) is 16.6. The molecule has 134 valence electrons. The fourth-order valence-electron chi connectivity index (χ4n) is 2.28. The third kappa shape index (κ3) is 4.96. The first-order chi connectivity index (χ1) is 11.7. The lowest BCUT2D eigenvalue weighted by Crippen LogP contribution is -2.32. The van der Waals surface area contributed by atoms with Gasteiger partial charge in [0.15, 0.2) is 0 Å². The molecule has 0 amide bonds. The van der Waals surface area contributed by atoms with Crippen LogP contribution in [-0.2, 0) is 14.8 Å². The largest absolute Gasteiger partial charge is 0.481 e. The van der Waals surface area contributed by atoms with Crippen LogP contribution in [0, 0.1) is 6.92 Å². The smallest absolute Gasteiger partial charge is 0.303 e. The van der Waals surface area contributed by atoms with Gasteiger partial charge in [-0.3, -0.25) is 9.10 Å². The number of carboxylic acids is 1. The van der Waals surface area contributed by atoms with Crippen LogP contribution in [-0.4, -0.2) is 26.0 Å². The van der Waals surface area contributed by atoms with Crippen molar-refractivity contribution in [3.8, 4) is 0 Å². The van der Waals surface area contributed by atoms with Crippen LogP contribution in [0.3, 0.4) is 0 Å². The number of hydrogen-bond acceptors (Lipinski definition) is 3. The Balaban J connectivity index is 2.43. The molecule has 0 atom stereocenters. The van der Waals surface area contributed by atoms with Crippen LogP contribution < -0.4 is 4.31 Å². The Hall–Kier alpha value is -1.57. The summed E-state index contributed by atoms with van der Waals surface area (Å²) in [6.45, 7) is 1.85. The lowest BCUT2D eigenvalue weighted by molar-refractivity contribution is -0.137. The molecule has 2 aromatic carbocycles. The normalized spacial score (nSPS) is 11.3. The number of rotatable bonds is 7. The number of anilines is 1. The van der Waals surface area contributed by atoms with Crippen LogP contribution in [0.5, 0.6) is 0 Å². The first kappa shape index (κ1) is 19.8. The van der Waals surface area contributed by atoms with Crippen molar-refractivity contribution in [3.05, 3.63) is 57.5 Å². The van der Waals surface area contributed by atoms with E-state index in [0.29, 0.717) is 10.7 Å². The molecule has 25 heavy (non-hydrogen) atoms. The Bertz CT molecular complexity index is 869. The molecule has 0 unspecified atom stereocenters. The SMILES string of the molecule is Cc1cc(N(CCCC(=O)O)S(=O)(=O)c2ccc(Br)cc2)ccc1Cl. The molecule has 5 nitrogen and oxygen atoms in total. The first-order valence-electron chi connectivity index (χ1n) is 7.48. The number of aryl methyl sites for hydroxylation is 1. The number of sulfonamides is 1. The zero-order valence-electron chi connectivity index (χ0n) is 13.4. The Labute approximate surface area is 160 Å². The minimum Gasteiger partial charge on any atom is -0.481 e. The number of carbonyl (C=O) groups is 1. The van der Waals surface area contributed by atoms with E-state index in [2.05, 4.69) is 15.9 Å². The molecule has 8 heteroatoms. The molecule has 0 bridgehead atoms. The lowest BCUT2D eigenvalue weighted by Gasteiger charge is -2.25. The fraction of sp³-hybridized carbons (Fsp3) is 0.235. The van der Waals surface area contributed by atoms with Gasteiger partial charge in [-0.1, -0.05) is 27.5 Å². The van der Waals surface area contributed by atoms with E-state index in [1.807, 2.05) is 0 Å². The van der Waals surface area contributed by atoms with Crippen LogP contribution in [0.2, 0.25) is 5.02 Å². The maximum atomic E-state index is 13.0. The highest BCUT2D eigenvalue weighted by atomic mass is 79.9. The molecule has 0 aliphatic heterocycles. The van der Waals surface area contributed by atoms with Crippen LogP contribution in [0.15, 0.2) is 51.8 Å². The zero-order chi connectivity index (χ0) is 18.6. The van der Waals surface area contributed by atoms with Crippen molar-refractivity contribution in [2.45, 2.75) is 24.7 Å².